The number of phenolic OH excluding ortho intramolecular Hbond substituents is 1. The Morgan fingerprint density at radius 1 is 1.10 bits per heavy atom. The quantitative estimate of drug-likeness (QED) is 0.204. The molecule has 0 radical (unpaired) electrons. The van der Waals surface area contributed by atoms with Crippen molar-refractivity contribution in [1.29, 1.82) is 0 Å². The standard InChI is InChI=1S/C21H22ClF2NO.C9H17N.C4H8/c1-4-5-6-15-16-9-13(22)10-17(26)21(16)25-20(15)12(3)14-8-7-11(2)18(23)19(14)24;1-5-7-9(4)10-8(3)6-2;1-4(2)3/h7-10,12,25-26H,4-6H2,1-3H3;7H,5-6H2,1-4H3;1H2,2-3H3/b;9-7+,10-8?;. The Morgan fingerprint density at radius 2 is 1.73 bits per heavy atom. The van der Waals surface area contributed by atoms with Crippen LogP contribution in [0.1, 0.15) is 109 Å². The molecule has 2 aromatic carbocycles. The highest BCUT2D eigenvalue weighted by Crippen LogP contribution is 2.38. The van der Waals surface area contributed by atoms with E-state index in [1.54, 1.807) is 25.1 Å². The van der Waals surface area contributed by atoms with Gasteiger partial charge in [-0.15, -0.1) is 6.58 Å². The van der Waals surface area contributed by atoms with Crippen molar-refractivity contribution in [3.8, 4) is 5.75 Å². The van der Waals surface area contributed by atoms with Crippen molar-refractivity contribution in [2.24, 2.45) is 4.99 Å². The molecule has 1 heterocycles. The first kappa shape index (κ1) is 35.1. The van der Waals surface area contributed by atoms with Crippen molar-refractivity contribution < 1.29 is 13.9 Å². The van der Waals surface area contributed by atoms with E-state index in [0.29, 0.717) is 16.1 Å². The van der Waals surface area contributed by atoms with Crippen molar-refractivity contribution in [2.75, 3.05) is 0 Å². The highest BCUT2D eigenvalue weighted by Gasteiger charge is 2.23. The van der Waals surface area contributed by atoms with E-state index < -0.39 is 11.6 Å². The molecule has 3 rings (SSSR count). The fraction of sp³-hybridized carbons (Fsp3) is 0.441. The fourth-order valence-corrected chi connectivity index (χ4v) is 4.39. The van der Waals surface area contributed by atoms with E-state index in [2.05, 4.69) is 50.3 Å². The zero-order chi connectivity index (χ0) is 30.6. The smallest absolute Gasteiger partial charge is 0.162 e. The molecule has 1 aromatic heterocycles. The minimum absolute atomic E-state index is 0.0549. The Labute approximate surface area is 245 Å². The second-order valence-electron chi connectivity index (χ2n) is 10.5. The maximum atomic E-state index is 14.5. The molecular formula is C34H47ClF2N2O. The lowest BCUT2D eigenvalue weighted by molar-refractivity contribution is 0.480. The van der Waals surface area contributed by atoms with Gasteiger partial charge in [-0.05, 0) is 83.1 Å². The SMILES string of the molecule is C=C(C)C.CC/C=C(\C)N=C(C)CC.CCCCc1c(C(C)c2ccc(C)c(F)c2F)[nH]c2c(O)cc(Cl)cc12. The third-order valence-corrected chi connectivity index (χ3v) is 6.57. The van der Waals surface area contributed by atoms with Gasteiger partial charge in [-0.3, -0.25) is 4.99 Å². The van der Waals surface area contributed by atoms with Crippen LogP contribution < -0.4 is 0 Å². The number of hydrogen-bond acceptors (Lipinski definition) is 2. The van der Waals surface area contributed by atoms with Crippen LogP contribution in [0.25, 0.3) is 10.9 Å². The van der Waals surface area contributed by atoms with Gasteiger partial charge in [0.2, 0.25) is 0 Å². The lowest BCUT2D eigenvalue weighted by Crippen LogP contribution is -2.05. The van der Waals surface area contributed by atoms with Gasteiger partial charge in [0, 0.05) is 39.5 Å². The van der Waals surface area contributed by atoms with E-state index >= 15 is 0 Å². The van der Waals surface area contributed by atoms with Gasteiger partial charge in [-0.2, -0.15) is 0 Å². The van der Waals surface area contributed by atoms with Crippen LogP contribution in [0.5, 0.6) is 5.75 Å². The number of aromatic amines is 1. The molecule has 40 heavy (non-hydrogen) atoms. The van der Waals surface area contributed by atoms with Crippen LogP contribution in [-0.4, -0.2) is 15.8 Å². The van der Waals surface area contributed by atoms with E-state index in [1.165, 1.54) is 17.4 Å². The fourth-order valence-electron chi connectivity index (χ4n) is 4.18. The number of aromatic hydroxyl groups is 1. The normalized spacial score (nSPS) is 12.4. The zero-order valence-electron chi connectivity index (χ0n) is 25.7. The Morgan fingerprint density at radius 3 is 2.27 bits per heavy atom. The number of allylic oxidation sites excluding steroid dienone is 3. The van der Waals surface area contributed by atoms with Gasteiger partial charge in [0.15, 0.2) is 11.6 Å². The van der Waals surface area contributed by atoms with Crippen LogP contribution in [0.15, 0.2) is 53.2 Å². The number of nitrogens with zero attached hydrogens (tertiary/aromatic N) is 1. The summed E-state index contributed by atoms with van der Waals surface area (Å²) in [4.78, 5) is 7.59. The molecule has 0 saturated carbocycles. The molecule has 1 unspecified atom stereocenters. The van der Waals surface area contributed by atoms with Crippen molar-refractivity contribution in [1.82, 2.24) is 4.98 Å². The van der Waals surface area contributed by atoms with Crippen LogP contribution in [0.3, 0.4) is 0 Å². The number of hydrogen-bond donors (Lipinski definition) is 2. The molecule has 0 bridgehead atoms. The molecule has 220 valence electrons. The third-order valence-electron chi connectivity index (χ3n) is 6.36. The van der Waals surface area contributed by atoms with E-state index in [1.807, 2.05) is 27.7 Å². The van der Waals surface area contributed by atoms with Crippen molar-refractivity contribution in [3.05, 3.63) is 87.2 Å². The predicted molar refractivity (Wildman–Crippen MR) is 170 cm³/mol. The molecule has 0 spiro atoms. The van der Waals surface area contributed by atoms with Crippen molar-refractivity contribution in [3.63, 3.8) is 0 Å². The number of H-pyrrole nitrogens is 1. The molecule has 0 fully saturated rings. The molecule has 1 atom stereocenters. The molecule has 0 amide bonds. The molecule has 0 aliphatic rings. The summed E-state index contributed by atoms with van der Waals surface area (Å²) in [5.74, 6) is -1.96. The zero-order valence-corrected chi connectivity index (χ0v) is 26.5. The highest BCUT2D eigenvalue weighted by atomic mass is 35.5. The van der Waals surface area contributed by atoms with Crippen LogP contribution in [0, 0.1) is 18.6 Å². The number of aromatic nitrogens is 1. The van der Waals surface area contributed by atoms with Crippen molar-refractivity contribution in [2.45, 2.75) is 100 Å². The molecule has 0 saturated heterocycles. The summed E-state index contributed by atoms with van der Waals surface area (Å²) in [6, 6.07) is 6.50. The maximum absolute atomic E-state index is 14.5. The van der Waals surface area contributed by atoms with Crippen LogP contribution in [-0.2, 0) is 6.42 Å². The molecule has 0 aliphatic heterocycles. The summed E-state index contributed by atoms with van der Waals surface area (Å²) >= 11 is 6.12. The average molecular weight is 573 g/mol. The summed E-state index contributed by atoms with van der Waals surface area (Å²) in [5, 5.41) is 11.5. The minimum Gasteiger partial charge on any atom is -0.506 e. The number of aryl methyl sites for hydroxylation is 2. The monoisotopic (exact) mass is 572 g/mol. The summed E-state index contributed by atoms with van der Waals surface area (Å²) in [6.07, 6.45) is 6.98. The van der Waals surface area contributed by atoms with Gasteiger partial charge in [-0.1, -0.05) is 69.5 Å². The van der Waals surface area contributed by atoms with E-state index in [9.17, 15) is 13.9 Å². The first-order valence-corrected chi connectivity index (χ1v) is 14.5. The molecule has 0 aliphatic carbocycles. The highest BCUT2D eigenvalue weighted by molar-refractivity contribution is 6.31. The lowest BCUT2D eigenvalue weighted by Gasteiger charge is -2.15. The maximum Gasteiger partial charge on any atom is 0.162 e. The summed E-state index contributed by atoms with van der Waals surface area (Å²) in [6.45, 7) is 21.3. The van der Waals surface area contributed by atoms with Gasteiger partial charge in [0.25, 0.3) is 0 Å². The summed E-state index contributed by atoms with van der Waals surface area (Å²) in [7, 11) is 0. The van der Waals surface area contributed by atoms with Crippen LogP contribution in [0.2, 0.25) is 5.02 Å². The summed E-state index contributed by atoms with van der Waals surface area (Å²) < 4.78 is 28.6. The minimum atomic E-state index is -0.820. The molecular weight excluding hydrogens is 526 g/mol. The molecule has 6 heteroatoms. The van der Waals surface area contributed by atoms with Gasteiger partial charge in [0.1, 0.15) is 5.75 Å². The first-order valence-electron chi connectivity index (χ1n) is 14.1. The van der Waals surface area contributed by atoms with Gasteiger partial charge >= 0.3 is 0 Å². The second kappa shape index (κ2) is 17.0. The molecule has 2 N–H and O–H groups in total. The van der Waals surface area contributed by atoms with Gasteiger partial charge in [-0.25, -0.2) is 8.78 Å². The first-order chi connectivity index (χ1) is 18.8. The number of aliphatic imine (C=N–C) groups is 1. The number of benzene rings is 2. The molecule has 3 aromatic rings. The molecule has 3 nitrogen and oxygen atoms in total. The number of fused-ring (bicyclic) bond motifs is 1. The van der Waals surface area contributed by atoms with E-state index in [0.717, 1.165) is 54.4 Å². The predicted octanol–water partition coefficient (Wildman–Crippen LogP) is 11.4. The Hall–Kier alpha value is -2.92. The van der Waals surface area contributed by atoms with Crippen molar-refractivity contribution >= 4 is 28.2 Å². The number of phenols is 1. The number of rotatable bonds is 8. The van der Waals surface area contributed by atoms with Crippen LogP contribution >= 0.6 is 11.6 Å². The Balaban J connectivity index is 0.000000477. The topological polar surface area (TPSA) is 48.4 Å². The third kappa shape index (κ3) is 10.2. The number of halogens is 3. The second-order valence-corrected chi connectivity index (χ2v) is 10.9. The average Bonchev–Trinajstić information content (AvgIpc) is 3.24. The van der Waals surface area contributed by atoms with E-state index in [-0.39, 0.29) is 17.2 Å². The van der Waals surface area contributed by atoms with E-state index in [4.69, 9.17) is 11.6 Å². The largest absolute Gasteiger partial charge is 0.506 e. The number of nitrogens with one attached hydrogen (secondary N) is 1. The number of unbranched alkanes of at least 4 members (excludes halogenated alkanes) is 1. The Bertz CT molecular complexity index is 1330. The summed E-state index contributed by atoms with van der Waals surface area (Å²) in [5.41, 5.74) is 6.45. The van der Waals surface area contributed by atoms with Crippen LogP contribution in [0.4, 0.5) is 8.78 Å². The van der Waals surface area contributed by atoms with Gasteiger partial charge < -0.3 is 10.1 Å². The van der Waals surface area contributed by atoms with Gasteiger partial charge in [0.05, 0.1) is 5.52 Å². The lowest BCUT2D eigenvalue weighted by atomic mass is 9.91. The Kier molecular flexibility index (Phi) is 14.9.